The molecule has 1 atom stereocenters. The smallest absolute Gasteiger partial charge is 0.247 e. The van der Waals surface area contributed by atoms with Crippen LogP contribution in [0.4, 0.5) is 5.69 Å². The summed E-state index contributed by atoms with van der Waals surface area (Å²) in [6.07, 6.45) is 5.38. The minimum absolute atomic E-state index is 0.0590. The number of carbonyl (C=O) groups is 1. The molecule has 1 saturated carbocycles. The maximum Gasteiger partial charge on any atom is 0.247 e. The van der Waals surface area contributed by atoms with Crippen molar-refractivity contribution in [3.8, 4) is 0 Å². The summed E-state index contributed by atoms with van der Waals surface area (Å²) in [5.74, 6) is 0.256. The molecule has 4 heteroatoms. The number of carbonyl (C=O) groups excluding carboxylic acids is 1. The summed E-state index contributed by atoms with van der Waals surface area (Å²) in [6, 6.07) is 10.1. The Hall–Kier alpha value is -1.39. The molecule has 2 N–H and O–H groups in total. The zero-order chi connectivity index (χ0) is 18.1. The fraction of sp³-hybridized carbons (Fsp3) is 0.667. The first-order valence-electron chi connectivity index (χ1n) is 9.65. The first-order valence-corrected chi connectivity index (χ1v) is 9.65. The van der Waals surface area contributed by atoms with E-state index in [0.717, 1.165) is 37.9 Å². The van der Waals surface area contributed by atoms with Gasteiger partial charge in [0.1, 0.15) is 0 Å². The summed E-state index contributed by atoms with van der Waals surface area (Å²) in [5.41, 5.74) is 0.527. The van der Waals surface area contributed by atoms with Crippen LogP contribution < -0.4 is 15.5 Å². The number of para-hydroxylation sites is 1. The van der Waals surface area contributed by atoms with Crippen LogP contribution in [0.3, 0.4) is 0 Å². The molecule has 138 valence electrons. The van der Waals surface area contributed by atoms with E-state index in [1.54, 1.807) is 0 Å². The van der Waals surface area contributed by atoms with Gasteiger partial charge < -0.3 is 10.2 Å². The molecule has 0 aromatic heterocycles. The summed E-state index contributed by atoms with van der Waals surface area (Å²) >= 11 is 0. The van der Waals surface area contributed by atoms with Gasteiger partial charge in [0.25, 0.3) is 0 Å². The van der Waals surface area contributed by atoms with Crippen LogP contribution in [0.15, 0.2) is 30.3 Å². The van der Waals surface area contributed by atoms with Gasteiger partial charge in [0.2, 0.25) is 5.91 Å². The van der Waals surface area contributed by atoms with Gasteiger partial charge in [0.15, 0.2) is 0 Å². The lowest BCUT2D eigenvalue weighted by atomic mass is 9.76. The van der Waals surface area contributed by atoms with Crippen molar-refractivity contribution in [1.82, 2.24) is 10.6 Å². The van der Waals surface area contributed by atoms with Crippen molar-refractivity contribution >= 4 is 11.6 Å². The molecule has 1 aromatic rings. The minimum Gasteiger partial charge on any atom is -0.310 e. The van der Waals surface area contributed by atoms with E-state index in [4.69, 9.17) is 0 Å². The van der Waals surface area contributed by atoms with E-state index in [1.165, 1.54) is 6.42 Å². The second kappa shape index (κ2) is 6.73. The number of benzene rings is 1. The van der Waals surface area contributed by atoms with E-state index in [-0.39, 0.29) is 17.0 Å². The highest BCUT2D eigenvalue weighted by Gasteiger charge is 2.51. The third-order valence-electron chi connectivity index (χ3n) is 5.49. The quantitative estimate of drug-likeness (QED) is 0.883. The molecular weight excluding hydrogens is 310 g/mol. The van der Waals surface area contributed by atoms with Crippen molar-refractivity contribution in [2.75, 3.05) is 18.0 Å². The van der Waals surface area contributed by atoms with Crippen LogP contribution in [0, 0.1) is 0 Å². The van der Waals surface area contributed by atoms with Crippen LogP contribution in [0.5, 0.6) is 0 Å². The van der Waals surface area contributed by atoms with Gasteiger partial charge in [-0.1, -0.05) is 37.5 Å². The molecule has 1 amide bonds. The first-order chi connectivity index (χ1) is 11.7. The lowest BCUT2D eigenvalue weighted by molar-refractivity contribution is -0.130. The lowest BCUT2D eigenvalue weighted by Gasteiger charge is -2.53. The van der Waals surface area contributed by atoms with Gasteiger partial charge in [-0.2, -0.15) is 0 Å². The average Bonchev–Trinajstić information content (AvgIpc) is 2.58. The van der Waals surface area contributed by atoms with Crippen molar-refractivity contribution in [1.29, 1.82) is 0 Å². The maximum atomic E-state index is 13.4. The van der Waals surface area contributed by atoms with Gasteiger partial charge >= 0.3 is 0 Å². The molecule has 1 aromatic carbocycles. The van der Waals surface area contributed by atoms with Gasteiger partial charge in [-0.3, -0.25) is 10.1 Å². The predicted molar refractivity (Wildman–Crippen MR) is 104 cm³/mol. The van der Waals surface area contributed by atoms with E-state index in [0.29, 0.717) is 6.54 Å². The largest absolute Gasteiger partial charge is 0.310 e. The molecule has 1 spiro atoms. The number of hydrogen-bond donors (Lipinski definition) is 2. The number of anilines is 1. The Bertz CT molecular complexity index is 601. The van der Waals surface area contributed by atoms with Gasteiger partial charge in [-0.25, -0.2) is 0 Å². The van der Waals surface area contributed by atoms with E-state index in [2.05, 4.69) is 50.5 Å². The third kappa shape index (κ3) is 4.06. The highest BCUT2D eigenvalue weighted by atomic mass is 16.2. The molecule has 0 bridgehead atoms. The van der Waals surface area contributed by atoms with Crippen molar-refractivity contribution in [3.05, 3.63) is 30.3 Å². The third-order valence-corrected chi connectivity index (χ3v) is 5.49. The number of nitrogens with zero attached hydrogens (tertiary/aromatic N) is 1. The molecule has 1 unspecified atom stereocenters. The minimum atomic E-state index is -0.402. The molecule has 3 rings (SSSR count). The SMILES string of the molecule is CC(C)(C)NCC1(C)CN(c2ccccc2)C(=O)C2(CCCCC2)N1. The van der Waals surface area contributed by atoms with Gasteiger partial charge in [-0.05, 0) is 52.7 Å². The average molecular weight is 344 g/mol. The molecule has 1 saturated heterocycles. The second-order valence-electron chi connectivity index (χ2n) is 9.16. The Morgan fingerprint density at radius 1 is 1.12 bits per heavy atom. The molecular formula is C21H33N3O. The van der Waals surface area contributed by atoms with Crippen LogP contribution in [0.1, 0.15) is 59.8 Å². The van der Waals surface area contributed by atoms with Crippen LogP contribution in [0.2, 0.25) is 0 Å². The molecule has 1 heterocycles. The van der Waals surface area contributed by atoms with E-state index in [1.807, 2.05) is 23.1 Å². The zero-order valence-corrected chi connectivity index (χ0v) is 16.2. The first kappa shape index (κ1) is 18.4. The summed E-state index contributed by atoms with van der Waals surface area (Å²) < 4.78 is 0. The van der Waals surface area contributed by atoms with Gasteiger partial charge in [0, 0.05) is 29.9 Å². The van der Waals surface area contributed by atoms with Crippen molar-refractivity contribution in [2.45, 2.75) is 76.4 Å². The van der Waals surface area contributed by atoms with Crippen molar-refractivity contribution in [2.24, 2.45) is 0 Å². The fourth-order valence-electron chi connectivity index (χ4n) is 4.22. The van der Waals surface area contributed by atoms with E-state index < -0.39 is 5.54 Å². The highest BCUT2D eigenvalue weighted by molar-refractivity contribution is 6.01. The lowest BCUT2D eigenvalue weighted by Crippen LogP contribution is -2.76. The Kier molecular flexibility index (Phi) is 4.95. The molecule has 1 aliphatic carbocycles. The van der Waals surface area contributed by atoms with Crippen LogP contribution in [0.25, 0.3) is 0 Å². The number of hydrogen-bond acceptors (Lipinski definition) is 3. The molecule has 1 aliphatic heterocycles. The van der Waals surface area contributed by atoms with Gasteiger partial charge in [-0.15, -0.1) is 0 Å². The number of amides is 1. The van der Waals surface area contributed by atoms with Crippen LogP contribution in [-0.4, -0.2) is 35.6 Å². The Morgan fingerprint density at radius 3 is 2.36 bits per heavy atom. The molecule has 2 aliphatic rings. The van der Waals surface area contributed by atoms with Crippen LogP contribution >= 0.6 is 0 Å². The predicted octanol–water partition coefficient (Wildman–Crippen LogP) is 3.47. The Balaban J connectivity index is 1.91. The summed E-state index contributed by atoms with van der Waals surface area (Å²) in [7, 11) is 0. The summed E-state index contributed by atoms with van der Waals surface area (Å²) in [5, 5.41) is 7.45. The molecule has 0 radical (unpaired) electrons. The number of rotatable bonds is 3. The second-order valence-corrected chi connectivity index (χ2v) is 9.16. The monoisotopic (exact) mass is 343 g/mol. The maximum absolute atomic E-state index is 13.4. The normalized spacial score (nSPS) is 26.9. The topological polar surface area (TPSA) is 44.4 Å². The fourth-order valence-corrected chi connectivity index (χ4v) is 4.22. The zero-order valence-electron chi connectivity index (χ0n) is 16.2. The Labute approximate surface area is 152 Å². The summed E-state index contributed by atoms with van der Waals surface area (Å²) in [6.45, 7) is 10.4. The van der Waals surface area contributed by atoms with Crippen molar-refractivity contribution in [3.63, 3.8) is 0 Å². The van der Waals surface area contributed by atoms with Crippen molar-refractivity contribution < 1.29 is 4.79 Å². The number of nitrogens with one attached hydrogen (secondary N) is 2. The highest BCUT2D eigenvalue weighted by Crippen LogP contribution is 2.37. The van der Waals surface area contributed by atoms with E-state index >= 15 is 0 Å². The number of piperazine rings is 1. The van der Waals surface area contributed by atoms with E-state index in [9.17, 15) is 4.79 Å². The molecule has 4 nitrogen and oxygen atoms in total. The summed E-state index contributed by atoms with van der Waals surface area (Å²) in [4.78, 5) is 15.5. The standard InChI is InChI=1S/C21H33N3O/c1-19(2,3)22-15-20(4)16-24(17-11-7-5-8-12-17)18(25)21(23-20)13-9-6-10-14-21/h5,7-8,11-12,22-23H,6,9-10,13-16H2,1-4H3. The van der Waals surface area contributed by atoms with Gasteiger partial charge in [0.05, 0.1) is 5.54 Å². The molecule has 25 heavy (non-hydrogen) atoms. The Morgan fingerprint density at radius 2 is 1.76 bits per heavy atom. The van der Waals surface area contributed by atoms with Crippen LogP contribution in [-0.2, 0) is 4.79 Å². The molecule has 2 fully saturated rings.